The lowest BCUT2D eigenvalue weighted by molar-refractivity contribution is -0.384. The summed E-state index contributed by atoms with van der Waals surface area (Å²) in [4.78, 5) is 22.4. The van der Waals surface area contributed by atoms with Gasteiger partial charge in [0.2, 0.25) is 0 Å². The van der Waals surface area contributed by atoms with Crippen LogP contribution in [-0.2, 0) is 0 Å². The normalized spacial score (nSPS) is 13.6. The van der Waals surface area contributed by atoms with Gasteiger partial charge in [-0.1, -0.05) is 23.7 Å². The van der Waals surface area contributed by atoms with Crippen LogP contribution >= 0.6 is 11.6 Å². The van der Waals surface area contributed by atoms with Crippen LogP contribution in [0.3, 0.4) is 0 Å². The van der Waals surface area contributed by atoms with Gasteiger partial charge in [-0.3, -0.25) is 15.3 Å². The van der Waals surface area contributed by atoms with E-state index in [4.69, 9.17) is 11.6 Å². The fourth-order valence-corrected chi connectivity index (χ4v) is 2.30. The summed E-state index contributed by atoms with van der Waals surface area (Å²) in [5, 5.41) is 25.2. The van der Waals surface area contributed by atoms with E-state index in [1.807, 2.05) is 0 Å². The van der Waals surface area contributed by atoms with Gasteiger partial charge in [-0.05, 0) is 24.3 Å². The van der Waals surface area contributed by atoms with Gasteiger partial charge < -0.3 is 5.32 Å². The monoisotopic (exact) mass is 320 g/mol. The molecule has 0 aromatic heterocycles. The number of carbonyl (C=O) groups excluding carboxylic acids is 1. The molecule has 0 unspecified atom stereocenters. The maximum Gasteiger partial charge on any atom is 0.347 e. The third-order valence-electron chi connectivity index (χ3n) is 3.11. The quantitative estimate of drug-likeness (QED) is 0.652. The molecule has 1 aliphatic rings. The van der Waals surface area contributed by atoms with Crippen molar-refractivity contribution in [2.45, 2.75) is 0 Å². The Kier molecular flexibility index (Phi) is 3.32. The molecule has 0 saturated carbocycles. The third-order valence-corrected chi connectivity index (χ3v) is 3.43. The average molecular weight is 321 g/mol. The second kappa shape index (κ2) is 5.17. The Labute approximate surface area is 129 Å². The molecule has 0 radical (unpaired) electrons. The molecule has 2 aromatic rings. The molecule has 1 aliphatic heterocycles. The van der Waals surface area contributed by atoms with Crippen LogP contribution in [0.1, 0.15) is 0 Å². The minimum Gasteiger partial charge on any atom is -0.304 e. The van der Waals surface area contributed by atoms with E-state index < -0.39 is 11.0 Å². The SMILES string of the molecule is O=C1Nc2ccccc2N(O)N1c1ccc(Cl)c([N+](=O)[O-])c1. The number of hydrogen-bond donors (Lipinski definition) is 2. The van der Waals surface area contributed by atoms with Crippen LogP contribution in [0.2, 0.25) is 5.02 Å². The van der Waals surface area contributed by atoms with E-state index in [1.54, 1.807) is 24.3 Å². The minimum atomic E-state index is -0.663. The summed E-state index contributed by atoms with van der Waals surface area (Å²) < 4.78 is 0. The molecule has 3 rings (SSSR count). The zero-order valence-electron chi connectivity index (χ0n) is 10.9. The Balaban J connectivity index is 2.07. The van der Waals surface area contributed by atoms with Crippen molar-refractivity contribution in [3.8, 4) is 0 Å². The summed E-state index contributed by atoms with van der Waals surface area (Å²) >= 11 is 5.75. The Morgan fingerprint density at radius 2 is 1.95 bits per heavy atom. The van der Waals surface area contributed by atoms with Crippen molar-refractivity contribution in [1.82, 2.24) is 0 Å². The summed E-state index contributed by atoms with van der Waals surface area (Å²) in [6.07, 6.45) is 0. The van der Waals surface area contributed by atoms with Crippen molar-refractivity contribution in [3.05, 3.63) is 57.6 Å². The predicted molar refractivity (Wildman–Crippen MR) is 80.3 cm³/mol. The second-order valence-electron chi connectivity index (χ2n) is 4.44. The number of carbonyl (C=O) groups is 1. The molecule has 0 fully saturated rings. The number of nitro benzene ring substituents is 1. The topological polar surface area (TPSA) is 99.0 Å². The first kappa shape index (κ1) is 14.1. The zero-order chi connectivity index (χ0) is 15.9. The first-order valence-corrected chi connectivity index (χ1v) is 6.50. The van der Waals surface area contributed by atoms with Crippen molar-refractivity contribution in [2.24, 2.45) is 0 Å². The first-order chi connectivity index (χ1) is 10.5. The van der Waals surface area contributed by atoms with Crippen LogP contribution in [-0.4, -0.2) is 16.2 Å². The molecule has 2 amide bonds. The highest BCUT2D eigenvalue weighted by molar-refractivity contribution is 6.32. The van der Waals surface area contributed by atoms with E-state index in [-0.39, 0.29) is 16.4 Å². The van der Waals surface area contributed by atoms with Crippen LogP contribution in [0.25, 0.3) is 0 Å². The maximum atomic E-state index is 12.1. The summed E-state index contributed by atoms with van der Waals surface area (Å²) in [6.45, 7) is 0. The first-order valence-electron chi connectivity index (χ1n) is 6.12. The molecule has 8 nitrogen and oxygen atoms in total. The van der Waals surface area contributed by atoms with Crippen molar-refractivity contribution in [3.63, 3.8) is 0 Å². The molecule has 0 saturated heterocycles. The molecule has 9 heteroatoms. The van der Waals surface area contributed by atoms with E-state index in [1.165, 1.54) is 12.1 Å². The van der Waals surface area contributed by atoms with Crippen LogP contribution in [0.5, 0.6) is 0 Å². The Bertz CT molecular complexity index is 782. The Hall–Kier alpha value is -2.84. The van der Waals surface area contributed by atoms with Crippen LogP contribution in [0, 0.1) is 10.1 Å². The van der Waals surface area contributed by atoms with E-state index in [0.717, 1.165) is 11.1 Å². The summed E-state index contributed by atoms with van der Waals surface area (Å²) in [7, 11) is 0. The number of hydrogen-bond acceptors (Lipinski definition) is 5. The van der Waals surface area contributed by atoms with Gasteiger partial charge in [0, 0.05) is 6.07 Å². The molecule has 2 aromatic carbocycles. The molecule has 112 valence electrons. The fourth-order valence-electron chi connectivity index (χ4n) is 2.12. The zero-order valence-corrected chi connectivity index (χ0v) is 11.7. The highest BCUT2D eigenvalue weighted by Gasteiger charge is 2.31. The standard InChI is InChI=1S/C13H9ClN4O4/c14-9-6-5-8(7-12(9)18(21)22)16-13(19)15-10-3-1-2-4-11(10)17(16)20/h1-7,20H,(H,15,19). The van der Waals surface area contributed by atoms with E-state index in [0.29, 0.717) is 16.5 Å². The predicted octanol–water partition coefficient (Wildman–Crippen LogP) is 3.41. The van der Waals surface area contributed by atoms with Gasteiger partial charge in [-0.15, -0.1) is 0 Å². The van der Waals surface area contributed by atoms with Crippen LogP contribution < -0.4 is 15.5 Å². The molecule has 0 atom stereocenters. The second-order valence-corrected chi connectivity index (χ2v) is 4.85. The molecule has 2 N–H and O–H groups in total. The number of urea groups is 1. The number of fused-ring (bicyclic) bond motifs is 1. The lowest BCUT2D eigenvalue weighted by Crippen LogP contribution is -2.51. The van der Waals surface area contributed by atoms with E-state index in [9.17, 15) is 20.1 Å². The van der Waals surface area contributed by atoms with Crippen LogP contribution in [0.15, 0.2) is 42.5 Å². The van der Waals surface area contributed by atoms with Gasteiger partial charge in [-0.25, -0.2) is 4.79 Å². The fraction of sp³-hybridized carbons (Fsp3) is 0. The van der Waals surface area contributed by atoms with Crippen LogP contribution in [0.4, 0.5) is 27.5 Å². The molecule has 22 heavy (non-hydrogen) atoms. The highest BCUT2D eigenvalue weighted by Crippen LogP contribution is 2.35. The Morgan fingerprint density at radius 1 is 1.23 bits per heavy atom. The van der Waals surface area contributed by atoms with Crippen molar-refractivity contribution in [2.75, 3.05) is 15.5 Å². The molecular weight excluding hydrogens is 312 g/mol. The average Bonchev–Trinajstić information content (AvgIpc) is 2.48. The number of rotatable bonds is 2. The number of halogens is 1. The Morgan fingerprint density at radius 3 is 2.68 bits per heavy atom. The van der Waals surface area contributed by atoms with Crippen molar-refractivity contribution >= 4 is 40.4 Å². The maximum absolute atomic E-state index is 12.1. The number of nitro groups is 1. The summed E-state index contributed by atoms with van der Waals surface area (Å²) in [6, 6.07) is 9.74. The third kappa shape index (κ3) is 2.20. The van der Waals surface area contributed by atoms with Gasteiger partial charge in [0.05, 0.1) is 16.3 Å². The molecule has 0 aliphatic carbocycles. The minimum absolute atomic E-state index is 0.0592. The van der Waals surface area contributed by atoms with Gasteiger partial charge in [0.1, 0.15) is 10.7 Å². The van der Waals surface area contributed by atoms with Gasteiger partial charge in [-0.2, -0.15) is 10.2 Å². The van der Waals surface area contributed by atoms with Gasteiger partial charge in [0.15, 0.2) is 0 Å². The summed E-state index contributed by atoms with van der Waals surface area (Å²) in [5.41, 5.74) is 0.499. The lowest BCUT2D eigenvalue weighted by atomic mass is 10.2. The number of anilines is 3. The molecular formula is C13H9ClN4O4. The number of nitrogens with zero attached hydrogens (tertiary/aromatic N) is 3. The van der Waals surface area contributed by atoms with Gasteiger partial charge in [0.25, 0.3) is 5.69 Å². The largest absolute Gasteiger partial charge is 0.347 e. The lowest BCUT2D eigenvalue weighted by Gasteiger charge is -2.35. The van der Waals surface area contributed by atoms with Crippen molar-refractivity contribution < 1.29 is 14.9 Å². The van der Waals surface area contributed by atoms with Crippen molar-refractivity contribution in [1.29, 1.82) is 0 Å². The molecule has 1 heterocycles. The number of nitrogens with one attached hydrogen (secondary N) is 1. The number of benzene rings is 2. The number of amides is 2. The molecule has 0 bridgehead atoms. The van der Waals surface area contributed by atoms with Gasteiger partial charge >= 0.3 is 6.03 Å². The van der Waals surface area contributed by atoms with E-state index >= 15 is 0 Å². The smallest absolute Gasteiger partial charge is 0.304 e. The molecule has 0 spiro atoms. The highest BCUT2D eigenvalue weighted by atomic mass is 35.5. The number of para-hydroxylation sites is 2. The summed E-state index contributed by atoms with van der Waals surface area (Å²) in [5.74, 6) is 0. The van der Waals surface area contributed by atoms with E-state index in [2.05, 4.69) is 5.32 Å². The number of hydrazine groups is 1.